The van der Waals surface area contributed by atoms with Crippen LogP contribution in [0.2, 0.25) is 0 Å². The third-order valence-corrected chi connectivity index (χ3v) is 4.73. The van der Waals surface area contributed by atoms with E-state index < -0.39 is 5.60 Å². The standard InChI is InChI=1S/C19H29BrN2O2/c1-13-9-15(20)10-14(2)17(13)12-22-8-6-7-16(11-22)21-18(23)24-19(3,4)5/h9-10,16H,6-8,11-12H2,1-5H3,(H,21,23)/t16-/m0/s1. The summed E-state index contributed by atoms with van der Waals surface area (Å²) in [6, 6.07) is 4.50. The second kappa shape index (κ2) is 7.87. The van der Waals surface area contributed by atoms with Crippen LogP contribution in [0.3, 0.4) is 0 Å². The smallest absolute Gasteiger partial charge is 0.407 e. The van der Waals surface area contributed by atoms with E-state index >= 15 is 0 Å². The first-order chi connectivity index (χ1) is 11.1. The molecule has 0 saturated carbocycles. The van der Waals surface area contributed by atoms with Gasteiger partial charge in [-0.2, -0.15) is 0 Å². The Bertz CT molecular complexity index is 573. The van der Waals surface area contributed by atoms with Crippen molar-refractivity contribution >= 4 is 22.0 Å². The summed E-state index contributed by atoms with van der Waals surface area (Å²) in [5.74, 6) is 0. The van der Waals surface area contributed by atoms with E-state index in [0.717, 1.165) is 36.9 Å². The number of benzene rings is 1. The van der Waals surface area contributed by atoms with Crippen molar-refractivity contribution in [1.82, 2.24) is 10.2 Å². The number of halogens is 1. The van der Waals surface area contributed by atoms with Gasteiger partial charge in [-0.3, -0.25) is 4.90 Å². The van der Waals surface area contributed by atoms with Gasteiger partial charge in [-0.25, -0.2) is 4.79 Å². The van der Waals surface area contributed by atoms with E-state index in [-0.39, 0.29) is 12.1 Å². The molecule has 24 heavy (non-hydrogen) atoms. The van der Waals surface area contributed by atoms with Gasteiger partial charge in [0.05, 0.1) is 0 Å². The van der Waals surface area contributed by atoms with Crippen LogP contribution in [0, 0.1) is 13.8 Å². The molecule has 1 amide bonds. The first kappa shape index (κ1) is 19.3. The lowest BCUT2D eigenvalue weighted by Crippen LogP contribution is -2.48. The third-order valence-electron chi connectivity index (χ3n) is 4.27. The number of carbonyl (C=O) groups is 1. The van der Waals surface area contributed by atoms with Gasteiger partial charge in [0.25, 0.3) is 0 Å². The first-order valence-corrected chi connectivity index (χ1v) is 9.41. The lowest BCUT2D eigenvalue weighted by molar-refractivity contribution is 0.0470. The molecule has 0 aromatic heterocycles. The summed E-state index contributed by atoms with van der Waals surface area (Å²) in [6.07, 6.45) is 1.79. The summed E-state index contributed by atoms with van der Waals surface area (Å²) in [5, 5.41) is 3.02. The van der Waals surface area contributed by atoms with Crippen LogP contribution in [0.1, 0.15) is 50.3 Å². The van der Waals surface area contributed by atoms with Crippen LogP contribution in [0.5, 0.6) is 0 Å². The van der Waals surface area contributed by atoms with Crippen LogP contribution in [-0.4, -0.2) is 35.7 Å². The zero-order valence-corrected chi connectivity index (χ0v) is 17.0. The molecule has 1 saturated heterocycles. The number of amides is 1. The molecule has 1 aromatic carbocycles. The molecule has 1 N–H and O–H groups in total. The number of aryl methyl sites for hydroxylation is 2. The van der Waals surface area contributed by atoms with Gasteiger partial charge in [-0.05, 0) is 82.8 Å². The van der Waals surface area contributed by atoms with Crippen molar-refractivity contribution in [2.75, 3.05) is 13.1 Å². The fourth-order valence-electron chi connectivity index (χ4n) is 3.20. The average molecular weight is 397 g/mol. The number of hydrogen-bond acceptors (Lipinski definition) is 3. The molecule has 1 aromatic rings. The Hall–Kier alpha value is -1.07. The predicted molar refractivity (Wildman–Crippen MR) is 101 cm³/mol. The van der Waals surface area contributed by atoms with E-state index in [4.69, 9.17) is 4.74 Å². The van der Waals surface area contributed by atoms with Gasteiger partial charge in [0, 0.05) is 23.6 Å². The molecule has 1 heterocycles. The van der Waals surface area contributed by atoms with E-state index in [9.17, 15) is 4.79 Å². The van der Waals surface area contributed by atoms with E-state index in [1.807, 2.05) is 20.8 Å². The summed E-state index contributed by atoms with van der Waals surface area (Å²) in [7, 11) is 0. The average Bonchev–Trinajstić information content (AvgIpc) is 2.41. The minimum Gasteiger partial charge on any atom is -0.444 e. The number of nitrogens with one attached hydrogen (secondary N) is 1. The van der Waals surface area contributed by atoms with Crippen molar-refractivity contribution < 1.29 is 9.53 Å². The van der Waals surface area contributed by atoms with Crippen LogP contribution in [0.4, 0.5) is 4.79 Å². The zero-order chi connectivity index (χ0) is 17.9. The monoisotopic (exact) mass is 396 g/mol. The quantitative estimate of drug-likeness (QED) is 0.813. The molecule has 1 aliphatic heterocycles. The molecular formula is C19H29BrN2O2. The molecule has 4 nitrogen and oxygen atoms in total. The zero-order valence-electron chi connectivity index (χ0n) is 15.4. The van der Waals surface area contributed by atoms with Gasteiger partial charge in [0.2, 0.25) is 0 Å². The molecule has 0 radical (unpaired) electrons. The summed E-state index contributed by atoms with van der Waals surface area (Å²) < 4.78 is 6.50. The Morgan fingerprint density at radius 3 is 2.54 bits per heavy atom. The number of carbonyl (C=O) groups excluding carboxylic acids is 1. The Labute approximate surface area is 154 Å². The summed E-state index contributed by atoms with van der Waals surface area (Å²) >= 11 is 3.56. The minimum atomic E-state index is -0.454. The largest absolute Gasteiger partial charge is 0.444 e. The number of ether oxygens (including phenoxy) is 1. The Morgan fingerprint density at radius 2 is 1.96 bits per heavy atom. The number of rotatable bonds is 3. The van der Waals surface area contributed by atoms with Crippen LogP contribution >= 0.6 is 15.9 Å². The van der Waals surface area contributed by atoms with E-state index in [2.05, 4.69) is 52.1 Å². The van der Waals surface area contributed by atoms with Gasteiger partial charge < -0.3 is 10.1 Å². The lowest BCUT2D eigenvalue weighted by Gasteiger charge is -2.34. The van der Waals surface area contributed by atoms with Crippen molar-refractivity contribution in [2.24, 2.45) is 0 Å². The number of piperidine rings is 1. The lowest BCUT2D eigenvalue weighted by atomic mass is 10.00. The Kier molecular flexibility index (Phi) is 6.32. The topological polar surface area (TPSA) is 41.6 Å². The second-order valence-corrected chi connectivity index (χ2v) is 8.65. The minimum absolute atomic E-state index is 0.157. The molecule has 1 fully saturated rings. The van der Waals surface area contributed by atoms with E-state index in [0.29, 0.717) is 0 Å². The van der Waals surface area contributed by atoms with Gasteiger partial charge in [0.15, 0.2) is 0 Å². The van der Waals surface area contributed by atoms with Crippen molar-refractivity contribution in [1.29, 1.82) is 0 Å². The summed E-state index contributed by atoms with van der Waals surface area (Å²) in [5.41, 5.74) is 3.55. The summed E-state index contributed by atoms with van der Waals surface area (Å²) in [6.45, 7) is 12.9. The number of nitrogens with zero attached hydrogens (tertiary/aromatic N) is 1. The third kappa shape index (κ3) is 5.78. The second-order valence-electron chi connectivity index (χ2n) is 7.74. The van der Waals surface area contributed by atoms with Gasteiger partial charge in [-0.1, -0.05) is 15.9 Å². The molecular weight excluding hydrogens is 368 g/mol. The summed E-state index contributed by atoms with van der Waals surface area (Å²) in [4.78, 5) is 14.4. The van der Waals surface area contributed by atoms with Crippen molar-refractivity contribution in [2.45, 2.75) is 65.6 Å². The Morgan fingerprint density at radius 1 is 1.33 bits per heavy atom. The van der Waals surface area contributed by atoms with E-state index in [1.165, 1.54) is 16.7 Å². The molecule has 134 valence electrons. The van der Waals surface area contributed by atoms with Gasteiger partial charge in [0.1, 0.15) is 5.60 Å². The molecule has 5 heteroatoms. The Balaban J connectivity index is 1.95. The van der Waals surface area contributed by atoms with Crippen LogP contribution in [0.15, 0.2) is 16.6 Å². The van der Waals surface area contributed by atoms with E-state index in [1.54, 1.807) is 0 Å². The predicted octanol–water partition coefficient (Wildman–Crippen LogP) is 4.56. The molecule has 0 bridgehead atoms. The highest BCUT2D eigenvalue weighted by Crippen LogP contribution is 2.23. The van der Waals surface area contributed by atoms with Crippen molar-refractivity contribution in [3.05, 3.63) is 33.3 Å². The highest BCUT2D eigenvalue weighted by Gasteiger charge is 2.24. The number of likely N-dealkylation sites (tertiary alicyclic amines) is 1. The first-order valence-electron chi connectivity index (χ1n) is 8.61. The highest BCUT2D eigenvalue weighted by atomic mass is 79.9. The van der Waals surface area contributed by atoms with Gasteiger partial charge >= 0.3 is 6.09 Å². The van der Waals surface area contributed by atoms with Crippen LogP contribution in [-0.2, 0) is 11.3 Å². The maximum absolute atomic E-state index is 12.0. The number of hydrogen-bond donors (Lipinski definition) is 1. The fraction of sp³-hybridized carbons (Fsp3) is 0.632. The fourth-order valence-corrected chi connectivity index (χ4v) is 3.89. The molecule has 2 rings (SSSR count). The number of alkyl carbamates (subject to hydrolysis) is 1. The SMILES string of the molecule is Cc1cc(Br)cc(C)c1CN1CCC[C@H](NC(=O)OC(C)(C)C)C1. The van der Waals surface area contributed by atoms with Crippen molar-refractivity contribution in [3.63, 3.8) is 0 Å². The molecule has 0 aliphatic carbocycles. The molecule has 1 atom stereocenters. The van der Waals surface area contributed by atoms with Crippen LogP contribution in [0.25, 0.3) is 0 Å². The van der Waals surface area contributed by atoms with Crippen molar-refractivity contribution in [3.8, 4) is 0 Å². The maximum Gasteiger partial charge on any atom is 0.407 e. The van der Waals surface area contributed by atoms with Crippen LogP contribution < -0.4 is 5.32 Å². The molecule has 0 unspecified atom stereocenters. The maximum atomic E-state index is 12.0. The van der Waals surface area contributed by atoms with Gasteiger partial charge in [-0.15, -0.1) is 0 Å². The molecule has 0 spiro atoms. The molecule has 1 aliphatic rings. The highest BCUT2D eigenvalue weighted by molar-refractivity contribution is 9.10. The normalized spacial score (nSPS) is 19.2.